The van der Waals surface area contributed by atoms with E-state index in [4.69, 9.17) is 4.10 Å². The number of nitrogens with zero attached hydrogens (tertiary/aromatic N) is 1. The molecule has 19 heavy (non-hydrogen) atoms. The third-order valence-electron chi connectivity index (χ3n) is 1.70. The van der Waals surface area contributed by atoms with Crippen LogP contribution in [0.3, 0.4) is 0 Å². The molecule has 116 valence electrons. The quantitative estimate of drug-likeness (QED) is 0.766. The van der Waals surface area contributed by atoms with Crippen LogP contribution in [0.4, 0.5) is 4.79 Å². The van der Waals surface area contributed by atoms with Gasteiger partial charge in [-0.05, 0) is 17.6 Å². The third-order valence-corrected chi connectivity index (χ3v) is 2.49. The average molecular weight is 355 g/mol. The molecule has 0 aliphatic carbocycles. The van der Waals surface area contributed by atoms with Crippen LogP contribution in [-0.4, -0.2) is 46.9 Å². The second-order valence-electron chi connectivity index (χ2n) is 5.69. The molecule has 0 aliphatic rings. The standard InChI is InChI=1S/C11H23NOS.C2H7AsO2/c1-6-14-11(13)12(7-9(2)3)8-10(4)5;1-3(2,4)5/h9-10H,6-8H2,1-5H3;1-2H3,(H,4,5). The van der Waals surface area contributed by atoms with Crippen molar-refractivity contribution in [2.24, 2.45) is 11.8 Å². The monoisotopic (exact) mass is 355 g/mol. The van der Waals surface area contributed by atoms with Crippen LogP contribution in [0.1, 0.15) is 34.6 Å². The summed E-state index contributed by atoms with van der Waals surface area (Å²) in [5, 5.41) is 0.231. The van der Waals surface area contributed by atoms with Crippen LogP contribution in [-0.2, 0) is 3.74 Å². The first kappa shape index (κ1) is 21.4. The maximum absolute atomic E-state index is 11.7. The van der Waals surface area contributed by atoms with E-state index in [0.29, 0.717) is 11.8 Å². The van der Waals surface area contributed by atoms with Gasteiger partial charge in [0.15, 0.2) is 0 Å². The second kappa shape index (κ2) is 10.9. The Kier molecular flexibility index (Phi) is 12.3. The molecule has 0 fully saturated rings. The van der Waals surface area contributed by atoms with Gasteiger partial charge >= 0.3 is 33.1 Å². The molecule has 0 spiro atoms. The first-order valence-electron chi connectivity index (χ1n) is 6.66. The predicted octanol–water partition coefficient (Wildman–Crippen LogP) is 3.58. The summed E-state index contributed by atoms with van der Waals surface area (Å²) >= 11 is -1.71. The molecule has 0 saturated heterocycles. The molecule has 6 heteroatoms. The minimum absolute atomic E-state index is 0.231. The summed E-state index contributed by atoms with van der Waals surface area (Å²) in [6.07, 6.45) is 0. The molecule has 0 aliphatic heterocycles. The Labute approximate surface area is 125 Å². The zero-order valence-electron chi connectivity index (χ0n) is 13.3. The number of thioether (sulfide) groups is 1. The molecule has 0 atom stereocenters. The molecule has 0 aromatic carbocycles. The first-order valence-corrected chi connectivity index (χ1v) is 13.0. The maximum atomic E-state index is 11.7. The van der Waals surface area contributed by atoms with Gasteiger partial charge in [-0.25, -0.2) is 0 Å². The van der Waals surface area contributed by atoms with Crippen molar-refractivity contribution in [2.75, 3.05) is 18.8 Å². The molecule has 1 N–H and O–H groups in total. The fraction of sp³-hybridized carbons (Fsp3) is 0.923. The van der Waals surface area contributed by atoms with Gasteiger partial charge in [0.25, 0.3) is 5.24 Å². The van der Waals surface area contributed by atoms with Crippen molar-refractivity contribution in [1.29, 1.82) is 0 Å². The van der Waals surface area contributed by atoms with E-state index < -0.39 is 13.8 Å². The Morgan fingerprint density at radius 2 is 1.47 bits per heavy atom. The van der Waals surface area contributed by atoms with Crippen LogP contribution in [0.2, 0.25) is 11.4 Å². The van der Waals surface area contributed by atoms with Crippen LogP contribution in [0.5, 0.6) is 0 Å². The van der Waals surface area contributed by atoms with Gasteiger partial charge in [-0.3, -0.25) is 4.79 Å². The normalized spacial score (nSPS) is 11.3. The topological polar surface area (TPSA) is 57.6 Å². The molecule has 0 bridgehead atoms. The Hall–Kier alpha value is 0.138. The zero-order valence-corrected chi connectivity index (χ0v) is 16.0. The molecule has 4 nitrogen and oxygen atoms in total. The van der Waals surface area contributed by atoms with Gasteiger partial charge in [-0.2, -0.15) is 0 Å². The van der Waals surface area contributed by atoms with Crippen molar-refractivity contribution in [2.45, 2.75) is 46.0 Å². The van der Waals surface area contributed by atoms with Crippen LogP contribution in [0.15, 0.2) is 0 Å². The third kappa shape index (κ3) is 20.6. The molecule has 1 amide bonds. The van der Waals surface area contributed by atoms with Crippen LogP contribution < -0.4 is 0 Å². The molecule has 0 unspecified atom stereocenters. The average Bonchev–Trinajstić information content (AvgIpc) is 2.12. The summed E-state index contributed by atoms with van der Waals surface area (Å²) in [5.41, 5.74) is 2.72. The Morgan fingerprint density at radius 1 is 1.16 bits per heavy atom. The van der Waals surface area contributed by atoms with Gasteiger partial charge < -0.3 is 4.90 Å². The minimum atomic E-state index is -3.12. The number of amides is 1. The molecule has 0 saturated carbocycles. The number of hydrogen-bond acceptors (Lipinski definition) is 3. The second-order valence-corrected chi connectivity index (χ2v) is 12.3. The van der Waals surface area contributed by atoms with Crippen molar-refractivity contribution in [1.82, 2.24) is 4.90 Å². The fourth-order valence-corrected chi connectivity index (χ4v) is 1.90. The Balaban J connectivity index is 0. The van der Waals surface area contributed by atoms with Crippen molar-refractivity contribution >= 4 is 30.8 Å². The van der Waals surface area contributed by atoms with E-state index in [0.717, 1.165) is 18.8 Å². The summed E-state index contributed by atoms with van der Waals surface area (Å²) in [6, 6.07) is 0. The predicted molar refractivity (Wildman–Crippen MR) is 85.2 cm³/mol. The Morgan fingerprint density at radius 3 is 1.68 bits per heavy atom. The number of carbonyl (C=O) groups is 1. The summed E-state index contributed by atoms with van der Waals surface area (Å²) in [4.78, 5) is 13.7. The summed E-state index contributed by atoms with van der Waals surface area (Å²) < 4.78 is 18.0. The van der Waals surface area contributed by atoms with Crippen molar-refractivity contribution in [3.8, 4) is 0 Å². The zero-order chi connectivity index (χ0) is 15.6. The molecule has 0 radical (unpaired) electrons. The Bertz CT molecular complexity index is 271. The van der Waals surface area contributed by atoms with Gasteiger partial charge in [0, 0.05) is 13.1 Å². The van der Waals surface area contributed by atoms with Crippen LogP contribution in [0.25, 0.3) is 0 Å². The van der Waals surface area contributed by atoms with Crippen molar-refractivity contribution in [3.05, 3.63) is 0 Å². The summed E-state index contributed by atoms with van der Waals surface area (Å²) in [6.45, 7) is 12.4. The van der Waals surface area contributed by atoms with E-state index in [1.807, 2.05) is 11.8 Å². The van der Waals surface area contributed by atoms with E-state index in [-0.39, 0.29) is 5.24 Å². The number of rotatable bonds is 5. The van der Waals surface area contributed by atoms with Crippen LogP contribution >= 0.6 is 11.8 Å². The van der Waals surface area contributed by atoms with Gasteiger partial charge in [0.2, 0.25) is 0 Å². The molecule has 0 aromatic rings. The van der Waals surface area contributed by atoms with Gasteiger partial charge in [0.05, 0.1) is 0 Å². The summed E-state index contributed by atoms with van der Waals surface area (Å²) in [7, 11) is 0. The number of hydrogen-bond donors (Lipinski definition) is 1. The van der Waals surface area contributed by atoms with Gasteiger partial charge in [-0.1, -0.05) is 46.4 Å². The van der Waals surface area contributed by atoms with E-state index >= 15 is 0 Å². The first-order chi connectivity index (χ1) is 8.47. The molecule has 0 rings (SSSR count). The molecular formula is C13H30AsNO3S. The van der Waals surface area contributed by atoms with Gasteiger partial charge in [-0.15, -0.1) is 0 Å². The van der Waals surface area contributed by atoms with Crippen molar-refractivity contribution < 1.29 is 12.6 Å². The van der Waals surface area contributed by atoms with Crippen molar-refractivity contribution in [3.63, 3.8) is 0 Å². The number of carbonyl (C=O) groups excluding carboxylic acids is 1. The van der Waals surface area contributed by atoms with Crippen LogP contribution in [0, 0.1) is 11.8 Å². The van der Waals surface area contributed by atoms with Gasteiger partial charge in [0.1, 0.15) is 0 Å². The molecule has 0 heterocycles. The SMILES string of the molecule is CCSC(=O)N(CC(C)C)CC(C)C.C[As](C)(=O)O. The molecular weight excluding hydrogens is 325 g/mol. The van der Waals surface area contributed by atoms with E-state index in [9.17, 15) is 8.53 Å². The summed E-state index contributed by atoms with van der Waals surface area (Å²) in [5.74, 6) is 1.97. The van der Waals surface area contributed by atoms with E-state index in [1.54, 1.807) is 0 Å². The van der Waals surface area contributed by atoms with E-state index in [1.165, 1.54) is 23.2 Å². The van der Waals surface area contributed by atoms with E-state index in [2.05, 4.69) is 27.7 Å². The molecule has 0 aromatic heterocycles. The fourth-order valence-electron chi connectivity index (χ4n) is 1.32.